The van der Waals surface area contributed by atoms with E-state index in [2.05, 4.69) is 39.6 Å². The Hall–Kier alpha value is -1.57. The highest BCUT2D eigenvalue weighted by molar-refractivity contribution is 7.99. The van der Waals surface area contributed by atoms with Crippen LogP contribution in [0.2, 0.25) is 0 Å². The second kappa shape index (κ2) is 10.2. The van der Waals surface area contributed by atoms with Crippen molar-refractivity contribution in [3.63, 3.8) is 0 Å². The lowest BCUT2D eigenvalue weighted by Crippen LogP contribution is -2.16. The Morgan fingerprint density at radius 1 is 1.36 bits per heavy atom. The molecule has 0 spiro atoms. The minimum absolute atomic E-state index is 0. The van der Waals surface area contributed by atoms with Crippen molar-refractivity contribution in [3.05, 3.63) is 42.5 Å². The molecule has 2 aromatic rings. The number of nitrogens with zero attached hydrogens (tertiary/aromatic N) is 4. The van der Waals surface area contributed by atoms with Gasteiger partial charge in [0, 0.05) is 25.9 Å². The zero-order valence-electron chi connectivity index (χ0n) is 12.4. The van der Waals surface area contributed by atoms with Gasteiger partial charge in [0.25, 0.3) is 0 Å². The van der Waals surface area contributed by atoms with Crippen LogP contribution in [-0.4, -0.2) is 39.1 Å². The van der Waals surface area contributed by atoms with Crippen LogP contribution in [0.25, 0.3) is 0 Å². The van der Waals surface area contributed by atoms with Crippen molar-refractivity contribution in [1.82, 2.24) is 25.5 Å². The summed E-state index contributed by atoms with van der Waals surface area (Å²) in [4.78, 5) is 0. The summed E-state index contributed by atoms with van der Waals surface area (Å²) in [6.45, 7) is 5.89. The zero-order chi connectivity index (χ0) is 14.9. The Morgan fingerprint density at radius 3 is 2.77 bits per heavy atom. The third-order valence-electron chi connectivity index (χ3n) is 2.71. The van der Waals surface area contributed by atoms with Crippen molar-refractivity contribution < 1.29 is 4.74 Å². The Morgan fingerprint density at radius 2 is 2.14 bits per heavy atom. The average molecular weight is 342 g/mol. The summed E-state index contributed by atoms with van der Waals surface area (Å²) in [5.74, 6) is 1.79. The highest BCUT2D eigenvalue weighted by Gasteiger charge is 2.01. The molecule has 0 saturated heterocycles. The van der Waals surface area contributed by atoms with Crippen LogP contribution in [0.15, 0.2) is 42.1 Å². The summed E-state index contributed by atoms with van der Waals surface area (Å²) in [6.07, 6.45) is 1.74. The van der Waals surface area contributed by atoms with Crippen LogP contribution in [0.1, 0.15) is 5.56 Å². The van der Waals surface area contributed by atoms with Gasteiger partial charge in [0.15, 0.2) is 0 Å². The second-order valence-corrected chi connectivity index (χ2v) is 5.42. The first kappa shape index (κ1) is 18.5. The molecule has 1 aromatic heterocycles. The summed E-state index contributed by atoms with van der Waals surface area (Å²) < 4.78 is 7.12. The molecule has 0 saturated carbocycles. The van der Waals surface area contributed by atoms with Gasteiger partial charge in [-0.15, -0.1) is 17.5 Å². The van der Waals surface area contributed by atoms with E-state index < -0.39 is 0 Å². The number of hydrogen-bond acceptors (Lipinski definition) is 6. The van der Waals surface area contributed by atoms with E-state index in [0.717, 1.165) is 29.7 Å². The maximum absolute atomic E-state index is 5.44. The van der Waals surface area contributed by atoms with Crippen molar-refractivity contribution >= 4 is 24.2 Å². The van der Waals surface area contributed by atoms with Gasteiger partial charge < -0.3 is 10.1 Å². The van der Waals surface area contributed by atoms with Gasteiger partial charge in [0.05, 0.1) is 0 Å². The van der Waals surface area contributed by atoms with E-state index in [1.165, 1.54) is 5.56 Å². The topological polar surface area (TPSA) is 64.9 Å². The molecule has 2 rings (SSSR count). The maximum atomic E-state index is 5.44. The van der Waals surface area contributed by atoms with Crippen molar-refractivity contribution in [2.45, 2.75) is 11.7 Å². The van der Waals surface area contributed by atoms with Crippen molar-refractivity contribution in [1.29, 1.82) is 0 Å². The molecule has 22 heavy (non-hydrogen) atoms. The number of ether oxygens (including phenoxy) is 1. The quantitative estimate of drug-likeness (QED) is 0.428. The lowest BCUT2D eigenvalue weighted by molar-refractivity contribution is 0.363. The number of halogens is 1. The van der Waals surface area contributed by atoms with Crippen LogP contribution in [0, 0.1) is 0 Å². The van der Waals surface area contributed by atoms with Gasteiger partial charge in [-0.3, -0.25) is 0 Å². The maximum Gasteiger partial charge on any atom is 0.209 e. The molecular weight excluding hydrogens is 322 g/mol. The largest absolute Gasteiger partial charge is 0.490 e. The van der Waals surface area contributed by atoms with Crippen LogP contribution in [-0.2, 0) is 13.6 Å². The minimum atomic E-state index is 0. The normalized spacial score (nSPS) is 10.0. The van der Waals surface area contributed by atoms with Crippen molar-refractivity contribution in [3.8, 4) is 5.75 Å². The first-order valence-electron chi connectivity index (χ1n) is 6.68. The average Bonchev–Trinajstić information content (AvgIpc) is 2.91. The summed E-state index contributed by atoms with van der Waals surface area (Å²) in [5, 5.41) is 15.5. The van der Waals surface area contributed by atoms with Gasteiger partial charge in [-0.25, -0.2) is 4.68 Å². The molecule has 6 nitrogen and oxygen atoms in total. The van der Waals surface area contributed by atoms with E-state index in [-0.39, 0.29) is 12.4 Å². The van der Waals surface area contributed by atoms with E-state index in [1.54, 1.807) is 22.5 Å². The lowest BCUT2D eigenvalue weighted by Gasteiger charge is -2.06. The number of thioether (sulfide) groups is 1. The van der Waals surface area contributed by atoms with E-state index in [9.17, 15) is 0 Å². The minimum Gasteiger partial charge on any atom is -0.490 e. The molecule has 8 heteroatoms. The smallest absolute Gasteiger partial charge is 0.209 e. The predicted octanol–water partition coefficient (Wildman–Crippen LogP) is 2.08. The van der Waals surface area contributed by atoms with Gasteiger partial charge >= 0.3 is 0 Å². The van der Waals surface area contributed by atoms with E-state index >= 15 is 0 Å². The monoisotopic (exact) mass is 341 g/mol. The number of rotatable bonds is 9. The molecule has 0 radical (unpaired) electrons. The zero-order valence-corrected chi connectivity index (χ0v) is 14.1. The lowest BCUT2D eigenvalue weighted by atomic mass is 10.2. The molecule has 0 aliphatic heterocycles. The number of aryl methyl sites for hydroxylation is 1. The van der Waals surface area contributed by atoms with Crippen molar-refractivity contribution in [2.75, 3.05) is 18.9 Å². The third kappa shape index (κ3) is 6.05. The number of hydrogen-bond donors (Lipinski definition) is 1. The predicted molar refractivity (Wildman–Crippen MR) is 90.6 cm³/mol. The molecule has 0 bridgehead atoms. The van der Waals surface area contributed by atoms with Crippen molar-refractivity contribution in [2.24, 2.45) is 7.05 Å². The number of nitrogens with one attached hydrogen (secondary N) is 1. The molecule has 0 aliphatic carbocycles. The first-order valence-corrected chi connectivity index (χ1v) is 7.66. The number of tetrazole rings is 1. The van der Waals surface area contributed by atoms with Crippen LogP contribution in [0.5, 0.6) is 5.75 Å². The summed E-state index contributed by atoms with van der Waals surface area (Å²) >= 11 is 1.64. The van der Waals surface area contributed by atoms with Crippen LogP contribution in [0.3, 0.4) is 0 Å². The fraction of sp³-hybridized carbons (Fsp3) is 0.357. The molecular formula is C14H20ClN5OS. The summed E-state index contributed by atoms with van der Waals surface area (Å²) in [7, 11) is 1.84. The molecule has 1 N–H and O–H groups in total. The molecule has 0 atom stereocenters. The van der Waals surface area contributed by atoms with Gasteiger partial charge in [0.2, 0.25) is 5.16 Å². The Kier molecular flexibility index (Phi) is 8.57. The summed E-state index contributed by atoms with van der Waals surface area (Å²) in [6, 6.07) is 8.07. The Balaban J connectivity index is 0.00000242. The van der Waals surface area contributed by atoms with E-state index in [1.807, 2.05) is 19.2 Å². The first-order chi connectivity index (χ1) is 10.3. The van der Waals surface area contributed by atoms with E-state index in [4.69, 9.17) is 4.74 Å². The second-order valence-electron chi connectivity index (χ2n) is 4.35. The molecule has 0 aliphatic rings. The van der Waals surface area contributed by atoms with Crippen LogP contribution < -0.4 is 10.1 Å². The molecule has 0 fully saturated rings. The fourth-order valence-corrected chi connectivity index (χ4v) is 2.40. The highest BCUT2D eigenvalue weighted by atomic mass is 35.5. The molecule has 1 heterocycles. The number of aromatic nitrogens is 4. The van der Waals surface area contributed by atoms with Gasteiger partial charge in [-0.05, 0) is 28.1 Å². The Labute approximate surface area is 140 Å². The third-order valence-corrected chi connectivity index (χ3v) is 3.72. The van der Waals surface area contributed by atoms with Gasteiger partial charge in [-0.1, -0.05) is 36.5 Å². The molecule has 0 unspecified atom stereocenters. The van der Waals surface area contributed by atoms with Gasteiger partial charge in [-0.2, -0.15) is 0 Å². The Bertz CT molecular complexity index is 561. The van der Waals surface area contributed by atoms with Gasteiger partial charge in [0.1, 0.15) is 12.4 Å². The van der Waals surface area contributed by atoms with Crippen LogP contribution >= 0.6 is 24.2 Å². The molecule has 120 valence electrons. The fourth-order valence-electron chi connectivity index (χ4n) is 1.65. The highest BCUT2D eigenvalue weighted by Crippen LogP contribution is 2.13. The van der Waals surface area contributed by atoms with Crippen LogP contribution in [0.4, 0.5) is 0 Å². The standard InChI is InChI=1S/C14H19N5OS.ClH/c1-3-9-20-13-6-4-12(5-7-13)11-15-8-10-21-14-16-17-18-19(14)2;/h3-7,15H,1,8-11H2,2H3;1H. The summed E-state index contributed by atoms with van der Waals surface area (Å²) in [5.41, 5.74) is 1.23. The van der Waals surface area contributed by atoms with E-state index in [0.29, 0.717) is 6.61 Å². The molecule has 0 amide bonds. The number of benzene rings is 1. The SMILES string of the molecule is C=CCOc1ccc(CNCCSc2nnnn2C)cc1.Cl. The molecule has 1 aromatic carbocycles.